The van der Waals surface area contributed by atoms with E-state index in [-0.39, 0.29) is 5.92 Å². The predicted molar refractivity (Wildman–Crippen MR) is 81.0 cm³/mol. The number of fused-ring (bicyclic) bond motifs is 3. The molecule has 2 aromatic rings. The van der Waals surface area contributed by atoms with Crippen molar-refractivity contribution in [3.05, 3.63) is 35.9 Å². The van der Waals surface area contributed by atoms with Gasteiger partial charge in [-0.25, -0.2) is 4.79 Å². The van der Waals surface area contributed by atoms with Crippen LogP contribution in [0, 0.1) is 0 Å². The Morgan fingerprint density at radius 1 is 1.45 bits per heavy atom. The predicted octanol–water partition coefficient (Wildman–Crippen LogP) is 3.31. The highest BCUT2D eigenvalue weighted by atomic mass is 35.5. The summed E-state index contributed by atoms with van der Waals surface area (Å²) >= 11 is 6.05. The van der Waals surface area contributed by atoms with Crippen LogP contribution in [0.2, 0.25) is 0 Å². The highest BCUT2D eigenvalue weighted by molar-refractivity contribution is 6.18. The maximum atomic E-state index is 11.5. The van der Waals surface area contributed by atoms with Crippen LogP contribution in [0.1, 0.15) is 11.5 Å². The number of amides is 1. The number of nitrogens with one attached hydrogen (secondary N) is 2. The first-order valence-electron chi connectivity index (χ1n) is 6.49. The fourth-order valence-corrected chi connectivity index (χ4v) is 2.92. The molecule has 1 heterocycles. The number of alkyl halides is 1. The highest BCUT2D eigenvalue weighted by Gasteiger charge is 2.25. The fraction of sp³-hybridized carbons (Fsp3) is 0.267. The van der Waals surface area contributed by atoms with E-state index >= 15 is 0 Å². The monoisotopic (exact) mass is 290 g/mol. The van der Waals surface area contributed by atoms with Gasteiger partial charge in [-0.15, -0.1) is 11.6 Å². The second kappa shape index (κ2) is 5.21. The number of ether oxygens (including phenoxy) is 1. The van der Waals surface area contributed by atoms with Crippen molar-refractivity contribution >= 4 is 34.2 Å². The van der Waals surface area contributed by atoms with E-state index in [0.29, 0.717) is 11.6 Å². The van der Waals surface area contributed by atoms with Crippen LogP contribution >= 0.6 is 11.6 Å². The molecule has 3 rings (SSSR count). The molecule has 1 unspecified atom stereocenters. The van der Waals surface area contributed by atoms with Crippen molar-refractivity contribution in [1.29, 1.82) is 0 Å². The summed E-state index contributed by atoms with van der Waals surface area (Å²) in [6.45, 7) is 0.812. The number of halogens is 1. The van der Waals surface area contributed by atoms with Crippen LogP contribution in [0.25, 0.3) is 10.8 Å². The van der Waals surface area contributed by atoms with Crippen LogP contribution in [0.5, 0.6) is 5.75 Å². The molecule has 4 nitrogen and oxygen atoms in total. The molecule has 0 bridgehead atoms. The zero-order valence-corrected chi connectivity index (χ0v) is 11.8. The topological polar surface area (TPSA) is 50.4 Å². The van der Waals surface area contributed by atoms with Gasteiger partial charge in [-0.3, -0.25) is 0 Å². The molecule has 5 heteroatoms. The second-order valence-electron chi connectivity index (χ2n) is 4.75. The van der Waals surface area contributed by atoms with E-state index in [1.807, 2.05) is 30.3 Å². The Hall–Kier alpha value is -1.94. The SMILES string of the molecule is CNC(=O)Oc1cc2c(c3ccccc13)C(CCl)CN2. The Labute approximate surface area is 122 Å². The number of hydrogen-bond donors (Lipinski definition) is 2. The molecule has 0 aromatic heterocycles. The molecule has 0 saturated heterocycles. The summed E-state index contributed by atoms with van der Waals surface area (Å²) in [7, 11) is 1.54. The second-order valence-corrected chi connectivity index (χ2v) is 5.06. The average Bonchev–Trinajstić information content (AvgIpc) is 2.90. The minimum absolute atomic E-state index is 0.283. The largest absolute Gasteiger partial charge is 0.412 e. The van der Waals surface area contributed by atoms with Gasteiger partial charge in [0.15, 0.2) is 0 Å². The van der Waals surface area contributed by atoms with Crippen LogP contribution in [0.4, 0.5) is 10.5 Å². The van der Waals surface area contributed by atoms with Crippen LogP contribution in [-0.2, 0) is 0 Å². The lowest BCUT2D eigenvalue weighted by Crippen LogP contribution is -2.22. The van der Waals surface area contributed by atoms with Crippen molar-refractivity contribution in [3.8, 4) is 5.75 Å². The first kappa shape index (κ1) is 13.1. The van der Waals surface area contributed by atoms with Crippen molar-refractivity contribution in [2.24, 2.45) is 0 Å². The smallest absolute Gasteiger partial charge is 0.410 e. The number of carbonyl (C=O) groups is 1. The third-order valence-corrected chi connectivity index (χ3v) is 3.96. The summed E-state index contributed by atoms with van der Waals surface area (Å²) in [6.07, 6.45) is -0.470. The average molecular weight is 291 g/mol. The molecule has 0 saturated carbocycles. The number of carbonyl (C=O) groups excluding carboxylic acids is 1. The molecule has 0 radical (unpaired) electrons. The Kier molecular flexibility index (Phi) is 3.40. The lowest BCUT2D eigenvalue weighted by atomic mass is 9.95. The van der Waals surface area contributed by atoms with E-state index < -0.39 is 6.09 Å². The molecule has 2 N–H and O–H groups in total. The minimum Gasteiger partial charge on any atom is -0.410 e. The van der Waals surface area contributed by atoms with Crippen molar-refractivity contribution in [1.82, 2.24) is 5.32 Å². The summed E-state index contributed by atoms with van der Waals surface area (Å²) in [4.78, 5) is 11.5. The number of anilines is 1. The molecule has 104 valence electrons. The van der Waals surface area contributed by atoms with E-state index in [9.17, 15) is 4.79 Å². The molecular formula is C15H15ClN2O2. The van der Waals surface area contributed by atoms with Crippen molar-refractivity contribution in [2.45, 2.75) is 5.92 Å². The molecule has 1 aliphatic rings. The molecule has 1 atom stereocenters. The Bertz CT molecular complexity index is 672. The normalized spacial score (nSPS) is 16.6. The number of benzene rings is 2. The summed E-state index contributed by atoms with van der Waals surface area (Å²) in [5.74, 6) is 1.41. The fourth-order valence-electron chi connectivity index (χ4n) is 2.65. The lowest BCUT2D eigenvalue weighted by molar-refractivity contribution is 0.203. The van der Waals surface area contributed by atoms with Gasteiger partial charge in [0.1, 0.15) is 5.75 Å². The lowest BCUT2D eigenvalue weighted by Gasteiger charge is -2.13. The Balaban J connectivity index is 2.19. The van der Waals surface area contributed by atoms with Crippen LogP contribution in [0.3, 0.4) is 0 Å². The Morgan fingerprint density at radius 3 is 2.90 bits per heavy atom. The van der Waals surface area contributed by atoms with Crippen molar-refractivity contribution in [3.63, 3.8) is 0 Å². The summed E-state index contributed by atoms with van der Waals surface area (Å²) in [5, 5.41) is 7.80. The van der Waals surface area contributed by atoms with E-state index in [0.717, 1.165) is 23.0 Å². The minimum atomic E-state index is -0.470. The van der Waals surface area contributed by atoms with Gasteiger partial charge in [-0.2, -0.15) is 0 Å². The van der Waals surface area contributed by atoms with Crippen molar-refractivity contribution in [2.75, 3.05) is 24.8 Å². The summed E-state index contributed by atoms with van der Waals surface area (Å²) in [5.41, 5.74) is 2.20. The number of rotatable bonds is 2. The third-order valence-electron chi connectivity index (χ3n) is 3.59. The molecule has 1 amide bonds. The van der Waals surface area contributed by atoms with Crippen LogP contribution in [0.15, 0.2) is 30.3 Å². The van der Waals surface area contributed by atoms with Gasteiger partial charge in [0.25, 0.3) is 0 Å². The summed E-state index contributed by atoms with van der Waals surface area (Å²) < 4.78 is 5.35. The molecule has 2 aromatic carbocycles. The van der Waals surface area contributed by atoms with Gasteiger partial charge in [0.2, 0.25) is 0 Å². The van der Waals surface area contributed by atoms with E-state index in [4.69, 9.17) is 16.3 Å². The first-order valence-corrected chi connectivity index (χ1v) is 7.03. The van der Waals surface area contributed by atoms with E-state index in [1.54, 1.807) is 7.05 Å². The van der Waals surface area contributed by atoms with E-state index in [2.05, 4.69) is 10.6 Å². The van der Waals surface area contributed by atoms with Crippen LogP contribution < -0.4 is 15.4 Å². The quantitative estimate of drug-likeness (QED) is 0.834. The molecule has 20 heavy (non-hydrogen) atoms. The van der Waals surface area contributed by atoms with E-state index in [1.165, 1.54) is 5.56 Å². The maximum Gasteiger partial charge on any atom is 0.412 e. The zero-order valence-electron chi connectivity index (χ0n) is 11.1. The molecule has 0 fully saturated rings. The van der Waals surface area contributed by atoms with Gasteiger partial charge in [0, 0.05) is 42.5 Å². The molecule has 0 spiro atoms. The number of hydrogen-bond acceptors (Lipinski definition) is 3. The van der Waals surface area contributed by atoms with Crippen LogP contribution in [-0.4, -0.2) is 25.6 Å². The van der Waals surface area contributed by atoms with Gasteiger partial charge >= 0.3 is 6.09 Å². The van der Waals surface area contributed by atoms with Gasteiger partial charge in [-0.1, -0.05) is 24.3 Å². The first-order chi connectivity index (χ1) is 9.74. The Morgan fingerprint density at radius 2 is 2.20 bits per heavy atom. The molecule has 1 aliphatic heterocycles. The van der Waals surface area contributed by atoms with Gasteiger partial charge in [-0.05, 0) is 10.9 Å². The molecule has 0 aliphatic carbocycles. The van der Waals surface area contributed by atoms with Gasteiger partial charge in [0.05, 0.1) is 0 Å². The maximum absolute atomic E-state index is 11.5. The third kappa shape index (κ3) is 2.06. The standard InChI is InChI=1S/C15H15ClN2O2/c1-17-15(19)20-13-6-12-14(9(7-16)8-18-12)11-5-3-2-4-10(11)13/h2-6,9,18H,7-8H2,1H3,(H,17,19). The van der Waals surface area contributed by atoms with Gasteiger partial charge < -0.3 is 15.4 Å². The highest BCUT2D eigenvalue weighted by Crippen LogP contribution is 2.42. The zero-order chi connectivity index (χ0) is 14.1. The molecular weight excluding hydrogens is 276 g/mol. The van der Waals surface area contributed by atoms with Crippen molar-refractivity contribution < 1.29 is 9.53 Å². The summed E-state index contributed by atoms with van der Waals surface area (Å²) in [6, 6.07) is 9.79.